The molecule has 1 heterocycles. The summed E-state index contributed by atoms with van der Waals surface area (Å²) in [7, 11) is 0. The molecule has 2 rings (SSSR count). The van der Waals surface area contributed by atoms with Gasteiger partial charge in [-0.2, -0.15) is 0 Å². The Kier molecular flexibility index (Phi) is 3.64. The smallest absolute Gasteiger partial charge is 0.251 e. The van der Waals surface area contributed by atoms with Crippen molar-refractivity contribution in [2.24, 2.45) is 0 Å². The standard InChI is InChI=1S/C13H12BrNO2/c1-9-11(3-2-4-12(9)14)13(16)15-7-10-5-6-17-8-10/h2-6,8H,7H2,1H3,(H,15,16). The van der Waals surface area contributed by atoms with Crippen LogP contribution in [0.4, 0.5) is 0 Å². The molecular formula is C13H12BrNO2. The molecule has 1 amide bonds. The number of benzene rings is 1. The van der Waals surface area contributed by atoms with Crippen molar-refractivity contribution in [1.82, 2.24) is 5.32 Å². The maximum absolute atomic E-state index is 12.0. The van der Waals surface area contributed by atoms with E-state index in [0.717, 1.165) is 15.6 Å². The van der Waals surface area contributed by atoms with E-state index in [1.165, 1.54) is 0 Å². The SMILES string of the molecule is Cc1c(Br)cccc1C(=O)NCc1ccoc1. The first kappa shape index (κ1) is 11.9. The zero-order valence-corrected chi connectivity index (χ0v) is 11.0. The largest absolute Gasteiger partial charge is 0.472 e. The van der Waals surface area contributed by atoms with Crippen LogP contribution in [0.1, 0.15) is 21.5 Å². The van der Waals surface area contributed by atoms with Crippen molar-refractivity contribution in [3.8, 4) is 0 Å². The lowest BCUT2D eigenvalue weighted by Crippen LogP contribution is -2.23. The number of hydrogen-bond acceptors (Lipinski definition) is 2. The lowest BCUT2D eigenvalue weighted by Gasteiger charge is -2.07. The number of carbonyl (C=O) groups is 1. The van der Waals surface area contributed by atoms with Crippen LogP contribution in [0.15, 0.2) is 45.7 Å². The van der Waals surface area contributed by atoms with E-state index in [4.69, 9.17) is 4.42 Å². The highest BCUT2D eigenvalue weighted by molar-refractivity contribution is 9.10. The number of carbonyl (C=O) groups excluding carboxylic acids is 1. The quantitative estimate of drug-likeness (QED) is 0.944. The van der Waals surface area contributed by atoms with Crippen molar-refractivity contribution < 1.29 is 9.21 Å². The topological polar surface area (TPSA) is 42.2 Å². The molecule has 0 saturated heterocycles. The first-order valence-electron chi connectivity index (χ1n) is 5.23. The maximum atomic E-state index is 12.0. The molecule has 17 heavy (non-hydrogen) atoms. The third-order valence-corrected chi connectivity index (χ3v) is 3.40. The highest BCUT2D eigenvalue weighted by Crippen LogP contribution is 2.19. The third kappa shape index (κ3) is 2.77. The van der Waals surface area contributed by atoms with Crippen LogP contribution >= 0.6 is 15.9 Å². The molecule has 0 unspecified atom stereocenters. The molecule has 4 heteroatoms. The Morgan fingerprint density at radius 3 is 2.94 bits per heavy atom. The normalized spacial score (nSPS) is 10.2. The number of halogens is 1. The fourth-order valence-electron chi connectivity index (χ4n) is 1.52. The first-order chi connectivity index (χ1) is 8.18. The Balaban J connectivity index is 2.07. The van der Waals surface area contributed by atoms with Crippen LogP contribution in [0.3, 0.4) is 0 Å². The highest BCUT2D eigenvalue weighted by atomic mass is 79.9. The van der Waals surface area contributed by atoms with E-state index >= 15 is 0 Å². The van der Waals surface area contributed by atoms with E-state index in [1.807, 2.05) is 31.2 Å². The van der Waals surface area contributed by atoms with E-state index in [2.05, 4.69) is 21.2 Å². The number of amides is 1. The van der Waals surface area contributed by atoms with Crippen LogP contribution in [-0.2, 0) is 6.54 Å². The molecule has 2 aromatic rings. The van der Waals surface area contributed by atoms with Crippen molar-refractivity contribution in [3.63, 3.8) is 0 Å². The molecule has 0 atom stereocenters. The van der Waals surface area contributed by atoms with Crippen LogP contribution in [0, 0.1) is 6.92 Å². The number of rotatable bonds is 3. The van der Waals surface area contributed by atoms with Gasteiger partial charge in [-0.25, -0.2) is 0 Å². The first-order valence-corrected chi connectivity index (χ1v) is 6.02. The van der Waals surface area contributed by atoms with E-state index < -0.39 is 0 Å². The predicted octanol–water partition coefficient (Wildman–Crippen LogP) is 3.28. The van der Waals surface area contributed by atoms with Gasteiger partial charge >= 0.3 is 0 Å². The average Bonchev–Trinajstić information content (AvgIpc) is 2.82. The maximum Gasteiger partial charge on any atom is 0.251 e. The second kappa shape index (κ2) is 5.19. The van der Waals surface area contributed by atoms with Crippen molar-refractivity contribution >= 4 is 21.8 Å². The Labute approximate surface area is 108 Å². The van der Waals surface area contributed by atoms with Gasteiger partial charge in [0.2, 0.25) is 0 Å². The summed E-state index contributed by atoms with van der Waals surface area (Å²) in [4.78, 5) is 12.0. The molecule has 0 saturated carbocycles. The molecule has 0 aliphatic rings. The Morgan fingerprint density at radius 2 is 2.24 bits per heavy atom. The second-order valence-corrected chi connectivity index (χ2v) is 4.58. The molecule has 0 aliphatic heterocycles. The molecule has 0 aliphatic carbocycles. The molecular weight excluding hydrogens is 282 g/mol. The van der Waals surface area contributed by atoms with Gasteiger partial charge in [-0.3, -0.25) is 4.79 Å². The molecule has 0 radical (unpaired) electrons. The number of hydrogen-bond donors (Lipinski definition) is 1. The van der Waals surface area contributed by atoms with E-state index in [0.29, 0.717) is 12.1 Å². The molecule has 0 spiro atoms. The average molecular weight is 294 g/mol. The predicted molar refractivity (Wildman–Crippen MR) is 68.8 cm³/mol. The van der Waals surface area contributed by atoms with Crippen LogP contribution < -0.4 is 5.32 Å². The Morgan fingerprint density at radius 1 is 1.41 bits per heavy atom. The van der Waals surface area contributed by atoms with Crippen molar-refractivity contribution in [2.75, 3.05) is 0 Å². The summed E-state index contributed by atoms with van der Waals surface area (Å²) < 4.78 is 5.87. The minimum atomic E-state index is -0.0787. The van der Waals surface area contributed by atoms with Gasteiger partial charge in [0.05, 0.1) is 12.5 Å². The van der Waals surface area contributed by atoms with Crippen molar-refractivity contribution in [2.45, 2.75) is 13.5 Å². The summed E-state index contributed by atoms with van der Waals surface area (Å²) in [5.41, 5.74) is 2.58. The molecule has 0 fully saturated rings. The van der Waals surface area contributed by atoms with Crippen molar-refractivity contribution in [3.05, 3.63) is 58.0 Å². The third-order valence-electron chi connectivity index (χ3n) is 2.55. The molecule has 0 bridgehead atoms. The zero-order chi connectivity index (χ0) is 12.3. The van der Waals surface area contributed by atoms with Gasteiger partial charge in [0.1, 0.15) is 0 Å². The lowest BCUT2D eigenvalue weighted by atomic mass is 10.1. The van der Waals surface area contributed by atoms with Gasteiger partial charge in [0.25, 0.3) is 5.91 Å². The van der Waals surface area contributed by atoms with E-state index in [1.54, 1.807) is 12.5 Å². The molecule has 88 valence electrons. The summed E-state index contributed by atoms with van der Waals surface area (Å²) in [6.07, 6.45) is 3.21. The van der Waals surface area contributed by atoms with Crippen LogP contribution in [0.5, 0.6) is 0 Å². The summed E-state index contributed by atoms with van der Waals surface area (Å²) in [5.74, 6) is -0.0787. The summed E-state index contributed by atoms with van der Waals surface area (Å²) in [5, 5.41) is 2.85. The highest BCUT2D eigenvalue weighted by Gasteiger charge is 2.10. The van der Waals surface area contributed by atoms with Gasteiger partial charge in [0, 0.05) is 22.1 Å². The summed E-state index contributed by atoms with van der Waals surface area (Å²) in [6.45, 7) is 2.39. The molecule has 3 nitrogen and oxygen atoms in total. The Hall–Kier alpha value is -1.55. The molecule has 1 N–H and O–H groups in total. The van der Waals surface area contributed by atoms with Crippen LogP contribution in [0.2, 0.25) is 0 Å². The van der Waals surface area contributed by atoms with Gasteiger partial charge in [-0.05, 0) is 30.7 Å². The number of furan rings is 1. The summed E-state index contributed by atoms with van der Waals surface area (Å²) >= 11 is 3.41. The van der Waals surface area contributed by atoms with Gasteiger partial charge in [-0.1, -0.05) is 22.0 Å². The van der Waals surface area contributed by atoms with E-state index in [-0.39, 0.29) is 5.91 Å². The summed E-state index contributed by atoms with van der Waals surface area (Å²) in [6, 6.07) is 7.41. The zero-order valence-electron chi connectivity index (χ0n) is 9.37. The fourth-order valence-corrected chi connectivity index (χ4v) is 1.89. The van der Waals surface area contributed by atoms with Gasteiger partial charge in [-0.15, -0.1) is 0 Å². The fraction of sp³-hybridized carbons (Fsp3) is 0.154. The molecule has 1 aromatic heterocycles. The minimum absolute atomic E-state index is 0.0787. The van der Waals surface area contributed by atoms with Gasteiger partial charge in [0.15, 0.2) is 0 Å². The second-order valence-electron chi connectivity index (χ2n) is 3.73. The number of nitrogens with one attached hydrogen (secondary N) is 1. The van der Waals surface area contributed by atoms with Crippen LogP contribution in [0.25, 0.3) is 0 Å². The minimum Gasteiger partial charge on any atom is -0.472 e. The molecule has 1 aromatic carbocycles. The lowest BCUT2D eigenvalue weighted by molar-refractivity contribution is 0.0950. The van der Waals surface area contributed by atoms with Crippen LogP contribution in [-0.4, -0.2) is 5.91 Å². The van der Waals surface area contributed by atoms with Gasteiger partial charge < -0.3 is 9.73 Å². The van der Waals surface area contributed by atoms with E-state index in [9.17, 15) is 4.79 Å². The Bertz CT molecular complexity index is 520. The van der Waals surface area contributed by atoms with Crippen molar-refractivity contribution in [1.29, 1.82) is 0 Å². The monoisotopic (exact) mass is 293 g/mol.